The minimum absolute atomic E-state index is 0.0197. The second kappa shape index (κ2) is 8.07. The van der Waals surface area contributed by atoms with Crippen molar-refractivity contribution in [3.05, 3.63) is 64.1 Å². The van der Waals surface area contributed by atoms with E-state index in [1.807, 2.05) is 31.2 Å². The Hall–Kier alpha value is -3.09. The Morgan fingerprint density at radius 2 is 1.85 bits per heavy atom. The molecule has 0 N–H and O–H groups in total. The lowest BCUT2D eigenvalue weighted by molar-refractivity contribution is -0.135. The normalized spacial score (nSPS) is 14.4. The molecule has 3 rings (SSSR count). The van der Waals surface area contributed by atoms with Gasteiger partial charge in [-0.15, -0.1) is 0 Å². The van der Waals surface area contributed by atoms with Crippen LogP contribution in [0.15, 0.2) is 47.4 Å². The Labute approximate surface area is 157 Å². The predicted octanol–water partition coefficient (Wildman–Crippen LogP) is 1.36. The maximum Gasteiger partial charge on any atom is 0.254 e. The van der Waals surface area contributed by atoms with Crippen LogP contribution in [0.4, 0.5) is 0 Å². The summed E-state index contributed by atoms with van der Waals surface area (Å²) in [5, 5.41) is 0. The number of benzene rings is 1. The smallest absolute Gasteiger partial charge is 0.254 e. The van der Waals surface area contributed by atoms with Crippen molar-refractivity contribution in [3.63, 3.8) is 0 Å². The number of hydrogen-bond acceptors (Lipinski definition) is 4. The lowest BCUT2D eigenvalue weighted by atomic mass is 10.1. The summed E-state index contributed by atoms with van der Waals surface area (Å²) < 4.78 is 6.66. The molecule has 0 radical (unpaired) electrons. The second-order valence-electron chi connectivity index (χ2n) is 6.43. The average molecular weight is 369 g/mol. The fraction of sp³-hybridized carbons (Fsp3) is 0.350. The van der Waals surface area contributed by atoms with Crippen LogP contribution in [0.25, 0.3) is 0 Å². The molecule has 0 atom stereocenters. The van der Waals surface area contributed by atoms with Gasteiger partial charge in [0.05, 0.1) is 7.11 Å². The lowest BCUT2D eigenvalue weighted by Crippen LogP contribution is -2.51. The van der Waals surface area contributed by atoms with E-state index >= 15 is 0 Å². The van der Waals surface area contributed by atoms with Gasteiger partial charge in [-0.05, 0) is 30.7 Å². The highest BCUT2D eigenvalue weighted by Gasteiger charge is 2.28. The van der Waals surface area contributed by atoms with Crippen LogP contribution < -0.4 is 10.3 Å². The Morgan fingerprint density at radius 3 is 2.44 bits per heavy atom. The molecule has 7 heteroatoms. The van der Waals surface area contributed by atoms with Gasteiger partial charge < -0.3 is 19.1 Å². The summed E-state index contributed by atoms with van der Waals surface area (Å²) in [6.45, 7) is 3.84. The van der Waals surface area contributed by atoms with Crippen LogP contribution in [-0.2, 0) is 17.9 Å². The molecule has 7 nitrogen and oxygen atoms in total. The zero-order valence-corrected chi connectivity index (χ0v) is 15.6. The SMILES string of the molecule is CCn1ccc(C(=O)N2CCN(Cc3ccc(OC)cc3)C(=O)C2)cc1=O. The highest BCUT2D eigenvalue weighted by Crippen LogP contribution is 2.15. The van der Waals surface area contributed by atoms with Crippen molar-refractivity contribution in [3.8, 4) is 5.75 Å². The standard InChI is InChI=1S/C20H23N3O4/c1-3-21-9-8-16(12-18(21)24)20(26)23-11-10-22(19(25)14-23)13-15-4-6-17(27-2)7-5-15/h4-9,12H,3,10-11,13-14H2,1-2H3. The van der Waals surface area contributed by atoms with E-state index in [4.69, 9.17) is 4.74 Å². The average Bonchev–Trinajstić information content (AvgIpc) is 2.69. The fourth-order valence-electron chi connectivity index (χ4n) is 3.08. The van der Waals surface area contributed by atoms with E-state index in [1.54, 1.807) is 24.3 Å². The summed E-state index contributed by atoms with van der Waals surface area (Å²) in [6, 6.07) is 10.5. The Balaban J connectivity index is 1.63. The Morgan fingerprint density at radius 1 is 1.11 bits per heavy atom. The van der Waals surface area contributed by atoms with Crippen LogP contribution in [0.5, 0.6) is 5.75 Å². The molecule has 0 spiro atoms. The van der Waals surface area contributed by atoms with E-state index in [1.165, 1.54) is 15.5 Å². The molecule has 0 aliphatic carbocycles. The minimum Gasteiger partial charge on any atom is -0.497 e. The first kappa shape index (κ1) is 18.7. The molecular weight excluding hydrogens is 346 g/mol. The van der Waals surface area contributed by atoms with Crippen molar-refractivity contribution in [1.82, 2.24) is 14.4 Å². The van der Waals surface area contributed by atoms with Gasteiger partial charge in [0, 0.05) is 44.0 Å². The maximum absolute atomic E-state index is 12.6. The lowest BCUT2D eigenvalue weighted by Gasteiger charge is -2.34. The topological polar surface area (TPSA) is 71.9 Å². The first-order chi connectivity index (χ1) is 13.0. The highest BCUT2D eigenvalue weighted by atomic mass is 16.5. The number of carbonyl (C=O) groups excluding carboxylic acids is 2. The van der Waals surface area contributed by atoms with Gasteiger partial charge in [-0.1, -0.05) is 12.1 Å². The Kier molecular flexibility index (Phi) is 5.59. The number of pyridine rings is 1. The van der Waals surface area contributed by atoms with Gasteiger partial charge in [-0.25, -0.2) is 0 Å². The van der Waals surface area contributed by atoms with Gasteiger partial charge in [0.15, 0.2) is 0 Å². The first-order valence-electron chi connectivity index (χ1n) is 8.92. The maximum atomic E-state index is 12.6. The molecule has 0 bridgehead atoms. The highest BCUT2D eigenvalue weighted by molar-refractivity contribution is 5.96. The molecule has 1 aliphatic heterocycles. The third-order valence-corrected chi connectivity index (χ3v) is 4.72. The summed E-state index contributed by atoms with van der Waals surface area (Å²) >= 11 is 0. The zero-order chi connectivity index (χ0) is 19.4. The van der Waals surface area contributed by atoms with E-state index < -0.39 is 0 Å². The molecule has 1 aromatic carbocycles. The number of amides is 2. The number of hydrogen-bond donors (Lipinski definition) is 0. The summed E-state index contributed by atoms with van der Waals surface area (Å²) in [5.41, 5.74) is 1.11. The summed E-state index contributed by atoms with van der Waals surface area (Å²) in [7, 11) is 1.61. The van der Waals surface area contributed by atoms with E-state index in [0.717, 1.165) is 11.3 Å². The zero-order valence-electron chi connectivity index (χ0n) is 15.6. The molecule has 1 saturated heterocycles. The molecule has 1 aromatic heterocycles. The monoisotopic (exact) mass is 369 g/mol. The Bertz CT molecular complexity index is 889. The first-order valence-corrected chi connectivity index (χ1v) is 8.92. The van der Waals surface area contributed by atoms with E-state index in [2.05, 4.69) is 0 Å². The van der Waals surface area contributed by atoms with Crippen LogP contribution in [-0.4, -0.2) is 52.9 Å². The predicted molar refractivity (Wildman–Crippen MR) is 101 cm³/mol. The van der Waals surface area contributed by atoms with Gasteiger partial charge in [0.25, 0.3) is 11.5 Å². The molecule has 0 saturated carbocycles. The number of carbonyl (C=O) groups is 2. The molecule has 1 aliphatic rings. The molecule has 2 heterocycles. The summed E-state index contributed by atoms with van der Waals surface area (Å²) in [6.07, 6.45) is 1.61. The van der Waals surface area contributed by atoms with Crippen LogP contribution >= 0.6 is 0 Å². The number of nitrogens with zero attached hydrogens (tertiary/aromatic N) is 3. The van der Waals surface area contributed by atoms with Crippen molar-refractivity contribution in [1.29, 1.82) is 0 Å². The van der Waals surface area contributed by atoms with Crippen molar-refractivity contribution in [2.24, 2.45) is 0 Å². The van der Waals surface area contributed by atoms with E-state index in [0.29, 0.717) is 31.7 Å². The van der Waals surface area contributed by atoms with Gasteiger partial charge in [0.2, 0.25) is 5.91 Å². The van der Waals surface area contributed by atoms with Crippen LogP contribution in [0.3, 0.4) is 0 Å². The largest absolute Gasteiger partial charge is 0.497 e. The van der Waals surface area contributed by atoms with Gasteiger partial charge in [-0.2, -0.15) is 0 Å². The summed E-state index contributed by atoms with van der Waals surface area (Å²) in [5.74, 6) is 0.380. The number of rotatable bonds is 5. The van der Waals surface area contributed by atoms with Crippen LogP contribution in [0.2, 0.25) is 0 Å². The van der Waals surface area contributed by atoms with Crippen LogP contribution in [0.1, 0.15) is 22.8 Å². The fourth-order valence-corrected chi connectivity index (χ4v) is 3.08. The minimum atomic E-state index is -0.284. The molecule has 2 amide bonds. The van der Waals surface area contributed by atoms with Crippen molar-refractivity contribution < 1.29 is 14.3 Å². The van der Waals surface area contributed by atoms with Crippen molar-refractivity contribution in [2.45, 2.75) is 20.0 Å². The van der Waals surface area contributed by atoms with Crippen molar-refractivity contribution >= 4 is 11.8 Å². The van der Waals surface area contributed by atoms with E-state index in [9.17, 15) is 14.4 Å². The number of ether oxygens (including phenoxy) is 1. The second-order valence-corrected chi connectivity index (χ2v) is 6.43. The molecule has 27 heavy (non-hydrogen) atoms. The van der Waals surface area contributed by atoms with Gasteiger partial charge in [0.1, 0.15) is 12.3 Å². The van der Waals surface area contributed by atoms with Gasteiger partial charge >= 0.3 is 0 Å². The third-order valence-electron chi connectivity index (χ3n) is 4.72. The molecule has 142 valence electrons. The number of piperazine rings is 1. The molecular formula is C20H23N3O4. The molecule has 1 fully saturated rings. The number of aryl methyl sites for hydroxylation is 1. The third kappa shape index (κ3) is 4.19. The van der Waals surface area contributed by atoms with Gasteiger partial charge in [-0.3, -0.25) is 14.4 Å². The van der Waals surface area contributed by atoms with Crippen LogP contribution in [0, 0.1) is 0 Å². The molecule has 0 unspecified atom stereocenters. The summed E-state index contributed by atoms with van der Waals surface area (Å²) in [4.78, 5) is 40.3. The molecule has 2 aromatic rings. The van der Waals surface area contributed by atoms with E-state index in [-0.39, 0.29) is 23.9 Å². The quantitative estimate of drug-likeness (QED) is 0.798. The number of methoxy groups -OCH3 is 1. The number of aromatic nitrogens is 1. The van der Waals surface area contributed by atoms with Crippen molar-refractivity contribution in [2.75, 3.05) is 26.7 Å².